The SMILES string of the molecule is Nc1cc2c(cn1)C=C(c1cc(NC(=O)Nc3ccccc3)c(F)cc1Cl)CN2. The lowest BCUT2D eigenvalue weighted by molar-refractivity contribution is 0.262. The minimum Gasteiger partial charge on any atom is -0.384 e. The first-order valence-corrected chi connectivity index (χ1v) is 9.20. The Bertz CT molecular complexity index is 1120. The van der Waals surface area contributed by atoms with E-state index in [9.17, 15) is 9.18 Å². The number of hydrogen-bond donors (Lipinski definition) is 4. The number of aromatic nitrogens is 1. The van der Waals surface area contributed by atoms with Crippen molar-refractivity contribution in [2.75, 3.05) is 28.2 Å². The molecular formula is C21H17ClFN5O. The van der Waals surface area contributed by atoms with Gasteiger partial charge in [0.1, 0.15) is 11.6 Å². The van der Waals surface area contributed by atoms with Crippen LogP contribution in [-0.2, 0) is 0 Å². The highest BCUT2D eigenvalue weighted by atomic mass is 35.5. The highest BCUT2D eigenvalue weighted by Gasteiger charge is 2.17. The summed E-state index contributed by atoms with van der Waals surface area (Å²) in [5.41, 5.74) is 9.49. The molecule has 2 amide bonds. The second kappa shape index (κ2) is 7.81. The maximum absolute atomic E-state index is 14.4. The zero-order valence-corrected chi connectivity index (χ0v) is 15.9. The molecular weight excluding hydrogens is 393 g/mol. The Hall–Kier alpha value is -3.58. The van der Waals surface area contributed by atoms with Gasteiger partial charge in [0.2, 0.25) is 0 Å². The van der Waals surface area contributed by atoms with Gasteiger partial charge in [0.25, 0.3) is 0 Å². The standard InChI is InChI=1S/C21H17ClFN5O/c22-16-8-17(23)19(28-21(29)27-14-4-2-1-3-5-14)7-15(16)12-6-13-11-26-20(24)9-18(13)25-10-12/h1-9,11,25H,10H2,(H2,24,26)(H2,27,28,29). The van der Waals surface area contributed by atoms with Gasteiger partial charge in [0, 0.05) is 41.3 Å². The van der Waals surface area contributed by atoms with Crippen molar-refractivity contribution >= 4 is 52.2 Å². The van der Waals surface area contributed by atoms with E-state index in [0.717, 1.165) is 16.8 Å². The maximum atomic E-state index is 14.4. The van der Waals surface area contributed by atoms with Gasteiger partial charge in [-0.3, -0.25) is 0 Å². The maximum Gasteiger partial charge on any atom is 0.323 e. The number of halogens is 2. The van der Waals surface area contributed by atoms with Crippen molar-refractivity contribution in [3.63, 3.8) is 0 Å². The predicted molar refractivity (Wildman–Crippen MR) is 116 cm³/mol. The first kappa shape index (κ1) is 18.8. The Kier molecular flexibility index (Phi) is 5.05. The molecule has 29 heavy (non-hydrogen) atoms. The lowest BCUT2D eigenvalue weighted by Gasteiger charge is -2.20. The zero-order valence-electron chi connectivity index (χ0n) is 15.2. The molecule has 2 aromatic carbocycles. The number of anilines is 4. The van der Waals surface area contributed by atoms with Crippen molar-refractivity contribution in [2.45, 2.75) is 0 Å². The molecule has 1 aliphatic rings. The predicted octanol–water partition coefficient (Wildman–Crippen LogP) is 5.07. The van der Waals surface area contributed by atoms with Crippen molar-refractivity contribution in [3.8, 4) is 0 Å². The first-order valence-electron chi connectivity index (χ1n) is 8.82. The molecule has 0 saturated carbocycles. The van der Waals surface area contributed by atoms with Crippen molar-refractivity contribution in [1.82, 2.24) is 4.98 Å². The van der Waals surface area contributed by atoms with Gasteiger partial charge in [0.15, 0.2) is 0 Å². The third-order valence-electron chi connectivity index (χ3n) is 4.44. The summed E-state index contributed by atoms with van der Waals surface area (Å²) in [6.45, 7) is 0.470. The number of carbonyl (C=O) groups excluding carboxylic acids is 1. The quantitative estimate of drug-likeness (QED) is 0.486. The van der Waals surface area contributed by atoms with E-state index in [1.54, 1.807) is 36.5 Å². The largest absolute Gasteiger partial charge is 0.384 e. The van der Waals surface area contributed by atoms with Gasteiger partial charge >= 0.3 is 6.03 Å². The summed E-state index contributed by atoms with van der Waals surface area (Å²) in [7, 11) is 0. The number of para-hydroxylation sites is 1. The second-order valence-corrected chi connectivity index (χ2v) is 6.88. The third-order valence-corrected chi connectivity index (χ3v) is 4.75. The van der Waals surface area contributed by atoms with Gasteiger partial charge in [-0.2, -0.15) is 0 Å². The molecule has 6 nitrogen and oxygen atoms in total. The molecule has 3 aromatic rings. The van der Waals surface area contributed by atoms with Gasteiger partial charge in [-0.1, -0.05) is 29.8 Å². The molecule has 4 rings (SSSR count). The van der Waals surface area contributed by atoms with E-state index in [4.69, 9.17) is 17.3 Å². The van der Waals surface area contributed by atoms with E-state index in [1.807, 2.05) is 12.1 Å². The number of amides is 2. The Labute approximate surface area is 171 Å². The van der Waals surface area contributed by atoms with E-state index in [-0.39, 0.29) is 10.7 Å². The fourth-order valence-electron chi connectivity index (χ4n) is 3.05. The molecule has 0 saturated heterocycles. The topological polar surface area (TPSA) is 92.1 Å². The van der Waals surface area contributed by atoms with Crippen LogP contribution in [0, 0.1) is 5.82 Å². The highest BCUT2D eigenvalue weighted by molar-refractivity contribution is 6.32. The minimum atomic E-state index is -0.624. The molecule has 0 unspecified atom stereocenters. The lowest BCUT2D eigenvalue weighted by Crippen LogP contribution is -2.20. The average Bonchev–Trinajstić information content (AvgIpc) is 2.70. The van der Waals surface area contributed by atoms with Crippen LogP contribution in [0.3, 0.4) is 0 Å². The van der Waals surface area contributed by atoms with E-state index >= 15 is 0 Å². The van der Waals surface area contributed by atoms with Crippen LogP contribution < -0.4 is 21.7 Å². The van der Waals surface area contributed by atoms with Crippen LogP contribution in [0.4, 0.5) is 32.1 Å². The molecule has 1 aromatic heterocycles. The second-order valence-electron chi connectivity index (χ2n) is 6.48. The van der Waals surface area contributed by atoms with Gasteiger partial charge in [-0.05, 0) is 35.9 Å². The van der Waals surface area contributed by atoms with Crippen LogP contribution in [0.2, 0.25) is 5.02 Å². The monoisotopic (exact) mass is 409 g/mol. The average molecular weight is 410 g/mol. The number of urea groups is 1. The Morgan fingerprint density at radius 3 is 2.76 bits per heavy atom. The van der Waals surface area contributed by atoms with Crippen molar-refractivity contribution in [2.24, 2.45) is 0 Å². The van der Waals surface area contributed by atoms with Crippen LogP contribution in [0.1, 0.15) is 11.1 Å². The highest BCUT2D eigenvalue weighted by Crippen LogP contribution is 2.34. The number of nitrogen functional groups attached to an aromatic ring is 1. The van der Waals surface area contributed by atoms with E-state index in [1.165, 1.54) is 12.1 Å². The molecule has 5 N–H and O–H groups in total. The molecule has 0 bridgehead atoms. The Morgan fingerprint density at radius 1 is 1.17 bits per heavy atom. The summed E-state index contributed by atoms with van der Waals surface area (Å²) in [5.74, 6) is -0.204. The van der Waals surface area contributed by atoms with Gasteiger partial charge < -0.3 is 21.7 Å². The molecule has 2 heterocycles. The van der Waals surface area contributed by atoms with E-state index in [2.05, 4.69) is 20.9 Å². The van der Waals surface area contributed by atoms with Crippen molar-refractivity contribution < 1.29 is 9.18 Å². The van der Waals surface area contributed by atoms with E-state index < -0.39 is 11.8 Å². The number of nitrogens with two attached hydrogens (primary N) is 1. The molecule has 0 radical (unpaired) electrons. The van der Waals surface area contributed by atoms with Gasteiger partial charge in [-0.15, -0.1) is 0 Å². The summed E-state index contributed by atoms with van der Waals surface area (Å²) in [6.07, 6.45) is 3.56. The summed E-state index contributed by atoms with van der Waals surface area (Å²) in [6, 6.07) is 12.8. The van der Waals surface area contributed by atoms with Gasteiger partial charge in [0.05, 0.1) is 10.7 Å². The smallest absolute Gasteiger partial charge is 0.323 e. The summed E-state index contributed by atoms with van der Waals surface area (Å²) >= 11 is 6.28. The number of hydrogen-bond acceptors (Lipinski definition) is 4. The van der Waals surface area contributed by atoms with Crippen molar-refractivity contribution in [1.29, 1.82) is 0 Å². The fourth-order valence-corrected chi connectivity index (χ4v) is 3.32. The summed E-state index contributed by atoms with van der Waals surface area (Å²) in [5, 5.41) is 8.68. The number of nitrogens with one attached hydrogen (secondary N) is 3. The third kappa shape index (κ3) is 4.14. The van der Waals surface area contributed by atoms with Crippen molar-refractivity contribution in [3.05, 3.63) is 76.7 Å². The first-order chi connectivity index (χ1) is 14.0. The molecule has 0 fully saturated rings. The minimum absolute atomic E-state index is 0.0277. The van der Waals surface area contributed by atoms with E-state index in [0.29, 0.717) is 23.6 Å². The number of carbonyl (C=O) groups is 1. The normalized spacial score (nSPS) is 12.4. The van der Waals surface area contributed by atoms with Crippen LogP contribution >= 0.6 is 11.6 Å². The molecule has 146 valence electrons. The molecule has 0 aliphatic carbocycles. The number of pyridine rings is 1. The van der Waals surface area contributed by atoms with Crippen LogP contribution in [0.25, 0.3) is 11.6 Å². The Morgan fingerprint density at radius 2 is 1.97 bits per heavy atom. The summed E-state index contributed by atoms with van der Waals surface area (Å²) in [4.78, 5) is 16.3. The van der Waals surface area contributed by atoms with Crippen LogP contribution in [-0.4, -0.2) is 17.6 Å². The molecule has 1 aliphatic heterocycles. The lowest BCUT2D eigenvalue weighted by atomic mass is 9.99. The summed E-state index contributed by atoms with van der Waals surface area (Å²) < 4.78 is 14.4. The number of benzene rings is 2. The Balaban J connectivity index is 1.61. The molecule has 8 heteroatoms. The number of rotatable bonds is 3. The molecule has 0 atom stereocenters. The zero-order chi connectivity index (χ0) is 20.4. The molecule has 0 spiro atoms. The number of fused-ring (bicyclic) bond motifs is 1. The number of nitrogens with zero attached hydrogens (tertiary/aromatic N) is 1. The van der Waals surface area contributed by atoms with Crippen LogP contribution in [0.5, 0.6) is 0 Å². The van der Waals surface area contributed by atoms with Crippen LogP contribution in [0.15, 0.2) is 54.7 Å². The fraction of sp³-hybridized carbons (Fsp3) is 0.0476. The van der Waals surface area contributed by atoms with Gasteiger partial charge in [-0.25, -0.2) is 14.2 Å².